The van der Waals surface area contributed by atoms with Crippen molar-refractivity contribution in [2.75, 3.05) is 0 Å². The van der Waals surface area contributed by atoms with Crippen molar-refractivity contribution in [3.63, 3.8) is 0 Å². The molecule has 5 heteroatoms. The molecule has 0 bridgehead atoms. The standard InChI is InChI=1S/C12H14ClNO3/c1-8(9-4-6-10(13)7-5-9)14-17-12(2,3)11(15)16/h4-7H,1-3H3,(H,15,16)/b14-8+. The first-order valence-corrected chi connectivity index (χ1v) is 5.43. The summed E-state index contributed by atoms with van der Waals surface area (Å²) in [6.45, 7) is 4.61. The summed E-state index contributed by atoms with van der Waals surface area (Å²) in [7, 11) is 0. The first kappa shape index (κ1) is 13.5. The quantitative estimate of drug-likeness (QED) is 0.665. The number of halogens is 1. The van der Waals surface area contributed by atoms with Gasteiger partial charge in [-0.3, -0.25) is 0 Å². The third kappa shape index (κ3) is 3.75. The van der Waals surface area contributed by atoms with Crippen molar-refractivity contribution >= 4 is 23.3 Å². The molecule has 4 nitrogen and oxygen atoms in total. The van der Waals surface area contributed by atoms with E-state index in [1.54, 1.807) is 31.2 Å². The van der Waals surface area contributed by atoms with Crippen molar-refractivity contribution in [2.24, 2.45) is 5.16 Å². The molecule has 0 aliphatic carbocycles. The number of rotatable bonds is 4. The van der Waals surface area contributed by atoms with E-state index >= 15 is 0 Å². The van der Waals surface area contributed by atoms with Crippen molar-refractivity contribution in [1.82, 2.24) is 0 Å². The number of carboxylic acids is 1. The van der Waals surface area contributed by atoms with E-state index in [2.05, 4.69) is 5.16 Å². The van der Waals surface area contributed by atoms with Crippen molar-refractivity contribution in [1.29, 1.82) is 0 Å². The smallest absolute Gasteiger partial charge is 0.350 e. The highest BCUT2D eigenvalue weighted by molar-refractivity contribution is 6.30. The highest BCUT2D eigenvalue weighted by atomic mass is 35.5. The molecule has 1 aromatic carbocycles. The molecule has 0 fully saturated rings. The van der Waals surface area contributed by atoms with Crippen molar-refractivity contribution < 1.29 is 14.7 Å². The van der Waals surface area contributed by atoms with E-state index in [-0.39, 0.29) is 0 Å². The van der Waals surface area contributed by atoms with E-state index in [4.69, 9.17) is 21.5 Å². The van der Waals surface area contributed by atoms with E-state index in [0.717, 1.165) is 5.56 Å². The fraction of sp³-hybridized carbons (Fsp3) is 0.333. The lowest BCUT2D eigenvalue weighted by Gasteiger charge is -2.16. The van der Waals surface area contributed by atoms with Crippen LogP contribution in [0.15, 0.2) is 29.4 Å². The summed E-state index contributed by atoms with van der Waals surface area (Å²) in [4.78, 5) is 15.8. The number of oxime groups is 1. The maximum absolute atomic E-state index is 10.8. The molecular formula is C12H14ClNO3. The van der Waals surface area contributed by atoms with Gasteiger partial charge in [-0.1, -0.05) is 28.9 Å². The van der Waals surface area contributed by atoms with Gasteiger partial charge in [0, 0.05) is 5.02 Å². The summed E-state index contributed by atoms with van der Waals surface area (Å²) in [5, 5.41) is 13.3. The van der Waals surface area contributed by atoms with Gasteiger partial charge in [0.05, 0.1) is 5.71 Å². The maximum Gasteiger partial charge on any atom is 0.350 e. The Morgan fingerprint density at radius 2 is 1.88 bits per heavy atom. The number of hydrogen-bond acceptors (Lipinski definition) is 3. The zero-order valence-electron chi connectivity index (χ0n) is 9.90. The summed E-state index contributed by atoms with van der Waals surface area (Å²) in [5.41, 5.74) is 0.0832. The second kappa shape index (κ2) is 5.19. The molecule has 92 valence electrons. The molecule has 0 unspecified atom stereocenters. The zero-order valence-corrected chi connectivity index (χ0v) is 10.7. The molecule has 0 radical (unpaired) electrons. The molecule has 17 heavy (non-hydrogen) atoms. The average molecular weight is 256 g/mol. The van der Waals surface area contributed by atoms with Gasteiger partial charge >= 0.3 is 5.97 Å². The Labute approximate surface area is 105 Å². The van der Waals surface area contributed by atoms with Crippen LogP contribution in [0, 0.1) is 0 Å². The lowest BCUT2D eigenvalue weighted by atomic mass is 10.1. The maximum atomic E-state index is 10.8. The van der Waals surface area contributed by atoms with Crippen LogP contribution < -0.4 is 0 Å². The summed E-state index contributed by atoms with van der Waals surface area (Å²) < 4.78 is 0. The highest BCUT2D eigenvalue weighted by Crippen LogP contribution is 2.13. The van der Waals surface area contributed by atoms with E-state index in [9.17, 15) is 4.79 Å². The minimum absolute atomic E-state index is 0.594. The summed E-state index contributed by atoms with van der Waals surface area (Å²) in [5.74, 6) is -1.06. The Morgan fingerprint density at radius 1 is 1.35 bits per heavy atom. The van der Waals surface area contributed by atoms with Gasteiger partial charge in [0.25, 0.3) is 0 Å². The van der Waals surface area contributed by atoms with Crippen LogP contribution in [0.1, 0.15) is 26.3 Å². The summed E-state index contributed by atoms with van der Waals surface area (Å²) in [6, 6.07) is 7.05. The summed E-state index contributed by atoms with van der Waals surface area (Å²) >= 11 is 5.76. The molecule has 0 amide bonds. The predicted molar refractivity (Wildman–Crippen MR) is 66.5 cm³/mol. The topological polar surface area (TPSA) is 58.9 Å². The number of benzene rings is 1. The molecule has 0 aliphatic rings. The van der Waals surface area contributed by atoms with Gasteiger partial charge in [0.15, 0.2) is 0 Å². The Balaban J connectivity index is 2.80. The van der Waals surface area contributed by atoms with E-state index in [1.165, 1.54) is 13.8 Å². The molecule has 0 aromatic heterocycles. The fourth-order valence-corrected chi connectivity index (χ4v) is 1.09. The third-order valence-electron chi connectivity index (χ3n) is 2.19. The highest BCUT2D eigenvalue weighted by Gasteiger charge is 2.29. The van der Waals surface area contributed by atoms with Crippen LogP contribution in [0.2, 0.25) is 5.02 Å². The van der Waals surface area contributed by atoms with Crippen LogP contribution in [0.5, 0.6) is 0 Å². The largest absolute Gasteiger partial charge is 0.478 e. The zero-order chi connectivity index (χ0) is 13.1. The lowest BCUT2D eigenvalue weighted by molar-refractivity contribution is -0.161. The minimum atomic E-state index is -1.34. The van der Waals surface area contributed by atoms with Crippen LogP contribution in [0.25, 0.3) is 0 Å². The molecule has 0 spiro atoms. The van der Waals surface area contributed by atoms with Gasteiger partial charge in [0.1, 0.15) is 0 Å². The van der Waals surface area contributed by atoms with E-state index < -0.39 is 11.6 Å². The first-order chi connectivity index (χ1) is 7.83. The second-order valence-electron chi connectivity index (χ2n) is 4.09. The molecule has 0 aliphatic heterocycles. The van der Waals surface area contributed by atoms with Gasteiger partial charge in [-0.15, -0.1) is 0 Å². The number of nitrogens with zero attached hydrogens (tertiary/aromatic N) is 1. The van der Waals surface area contributed by atoms with Gasteiger partial charge in [-0.05, 0) is 38.5 Å². The van der Waals surface area contributed by atoms with Crippen molar-refractivity contribution in [3.8, 4) is 0 Å². The minimum Gasteiger partial charge on any atom is -0.478 e. The number of carboxylic acid groups (broad SMARTS) is 1. The molecule has 0 saturated carbocycles. The van der Waals surface area contributed by atoms with E-state index in [0.29, 0.717) is 10.7 Å². The van der Waals surface area contributed by atoms with Crippen LogP contribution in [-0.2, 0) is 9.63 Å². The average Bonchev–Trinajstić information content (AvgIpc) is 2.27. The molecule has 0 heterocycles. The lowest BCUT2D eigenvalue weighted by Crippen LogP contribution is -2.33. The van der Waals surface area contributed by atoms with Crippen LogP contribution in [-0.4, -0.2) is 22.4 Å². The molecule has 0 saturated heterocycles. The molecule has 1 rings (SSSR count). The Bertz CT molecular complexity index is 438. The molecule has 1 aromatic rings. The second-order valence-corrected chi connectivity index (χ2v) is 4.53. The Hall–Kier alpha value is -1.55. The predicted octanol–water partition coefficient (Wildman–Crippen LogP) is 2.94. The molecule has 1 N–H and O–H groups in total. The van der Waals surface area contributed by atoms with Crippen LogP contribution in [0.3, 0.4) is 0 Å². The molecule has 0 atom stereocenters. The van der Waals surface area contributed by atoms with Crippen LogP contribution in [0.4, 0.5) is 0 Å². The van der Waals surface area contributed by atoms with Gasteiger partial charge in [-0.25, -0.2) is 4.79 Å². The van der Waals surface area contributed by atoms with Crippen molar-refractivity contribution in [2.45, 2.75) is 26.4 Å². The Kier molecular flexibility index (Phi) is 4.12. The summed E-state index contributed by atoms with van der Waals surface area (Å²) in [6.07, 6.45) is 0. The SMILES string of the molecule is C/C(=N\OC(C)(C)C(=O)O)c1ccc(Cl)cc1. The van der Waals surface area contributed by atoms with Gasteiger partial charge < -0.3 is 9.94 Å². The fourth-order valence-electron chi connectivity index (χ4n) is 0.965. The van der Waals surface area contributed by atoms with Crippen LogP contribution >= 0.6 is 11.6 Å². The number of hydrogen-bond donors (Lipinski definition) is 1. The number of aliphatic carboxylic acids is 1. The third-order valence-corrected chi connectivity index (χ3v) is 2.44. The van der Waals surface area contributed by atoms with Gasteiger partial charge in [0.2, 0.25) is 5.60 Å². The van der Waals surface area contributed by atoms with E-state index in [1.807, 2.05) is 0 Å². The number of carbonyl (C=O) groups is 1. The normalized spacial score (nSPS) is 12.4. The first-order valence-electron chi connectivity index (χ1n) is 5.05. The van der Waals surface area contributed by atoms with Crippen molar-refractivity contribution in [3.05, 3.63) is 34.9 Å². The Morgan fingerprint density at radius 3 is 2.35 bits per heavy atom. The monoisotopic (exact) mass is 255 g/mol. The molecular weight excluding hydrogens is 242 g/mol. The van der Waals surface area contributed by atoms with Gasteiger partial charge in [-0.2, -0.15) is 0 Å².